The van der Waals surface area contributed by atoms with E-state index in [0.29, 0.717) is 18.5 Å². The predicted molar refractivity (Wildman–Crippen MR) is 119 cm³/mol. The van der Waals surface area contributed by atoms with Gasteiger partial charge in [-0.1, -0.05) is 23.7 Å². The van der Waals surface area contributed by atoms with Gasteiger partial charge >= 0.3 is 0 Å². The van der Waals surface area contributed by atoms with Crippen LogP contribution in [0.2, 0.25) is 5.02 Å². The standard InChI is InChI=1S/C21H20ClN3O3S2/c22-18-3-1-2-4-19(18)30(27,28)25-12-9-15(10-13-25)20(26)24-17-7-5-16(6-8-17)21-23-11-14-29-21/h1-8,11,14-15H,9-10,12-13H2,(H,24,26). The van der Waals surface area contributed by atoms with Gasteiger partial charge in [-0.05, 0) is 49.2 Å². The fraction of sp³-hybridized carbons (Fsp3) is 0.238. The van der Waals surface area contributed by atoms with Crippen molar-refractivity contribution < 1.29 is 13.2 Å². The second-order valence-corrected chi connectivity index (χ2v) is 10.2. The summed E-state index contributed by atoms with van der Waals surface area (Å²) in [4.78, 5) is 17.0. The third kappa shape index (κ3) is 4.41. The third-order valence-electron chi connectivity index (χ3n) is 5.11. The molecule has 1 N–H and O–H groups in total. The lowest BCUT2D eigenvalue weighted by Gasteiger charge is -2.30. The summed E-state index contributed by atoms with van der Waals surface area (Å²) >= 11 is 7.63. The van der Waals surface area contributed by atoms with E-state index in [2.05, 4.69) is 10.3 Å². The van der Waals surface area contributed by atoms with Crippen LogP contribution in [0.3, 0.4) is 0 Å². The molecule has 4 rings (SSSR count). The Morgan fingerprint density at radius 2 is 1.80 bits per heavy atom. The minimum Gasteiger partial charge on any atom is -0.326 e. The molecule has 0 unspecified atom stereocenters. The van der Waals surface area contributed by atoms with Gasteiger partial charge in [0, 0.05) is 41.8 Å². The van der Waals surface area contributed by atoms with Gasteiger partial charge in [-0.3, -0.25) is 4.79 Å². The average molecular weight is 462 g/mol. The van der Waals surface area contributed by atoms with Crippen LogP contribution in [0.15, 0.2) is 65.0 Å². The number of rotatable bonds is 5. The van der Waals surface area contributed by atoms with E-state index in [9.17, 15) is 13.2 Å². The summed E-state index contributed by atoms with van der Waals surface area (Å²) in [6.45, 7) is 0.573. The largest absolute Gasteiger partial charge is 0.326 e. The monoisotopic (exact) mass is 461 g/mol. The van der Waals surface area contributed by atoms with Gasteiger partial charge in [0.2, 0.25) is 15.9 Å². The number of anilines is 1. The van der Waals surface area contributed by atoms with Gasteiger partial charge in [0.05, 0.1) is 5.02 Å². The molecule has 0 radical (unpaired) electrons. The molecule has 3 aromatic rings. The van der Waals surface area contributed by atoms with Crippen molar-refractivity contribution in [1.29, 1.82) is 0 Å². The lowest BCUT2D eigenvalue weighted by atomic mass is 9.97. The molecular weight excluding hydrogens is 442 g/mol. The van der Waals surface area contributed by atoms with Crippen molar-refractivity contribution >= 4 is 44.6 Å². The Morgan fingerprint density at radius 1 is 1.10 bits per heavy atom. The number of amides is 1. The molecule has 1 saturated heterocycles. The second kappa shape index (κ2) is 8.85. The number of sulfonamides is 1. The van der Waals surface area contributed by atoms with E-state index in [0.717, 1.165) is 10.6 Å². The molecule has 0 aliphatic carbocycles. The number of carbonyl (C=O) groups is 1. The summed E-state index contributed by atoms with van der Waals surface area (Å²) in [5, 5.41) is 5.99. The zero-order valence-electron chi connectivity index (χ0n) is 16.0. The summed E-state index contributed by atoms with van der Waals surface area (Å²) in [6.07, 6.45) is 2.69. The van der Waals surface area contributed by atoms with E-state index in [1.54, 1.807) is 35.7 Å². The van der Waals surface area contributed by atoms with Crippen LogP contribution in [0.4, 0.5) is 5.69 Å². The lowest BCUT2D eigenvalue weighted by Crippen LogP contribution is -2.41. The van der Waals surface area contributed by atoms with Crippen molar-refractivity contribution in [3.63, 3.8) is 0 Å². The smallest absolute Gasteiger partial charge is 0.244 e. The molecule has 6 nitrogen and oxygen atoms in total. The highest BCUT2D eigenvalue weighted by atomic mass is 35.5. The molecule has 1 fully saturated rings. The number of benzene rings is 2. The van der Waals surface area contributed by atoms with E-state index in [-0.39, 0.29) is 34.8 Å². The van der Waals surface area contributed by atoms with Crippen molar-refractivity contribution in [3.8, 4) is 10.6 Å². The minimum atomic E-state index is -3.66. The minimum absolute atomic E-state index is 0.0909. The van der Waals surface area contributed by atoms with Gasteiger partial charge in [0.15, 0.2) is 0 Å². The van der Waals surface area contributed by atoms with Gasteiger partial charge in [-0.2, -0.15) is 4.31 Å². The van der Waals surface area contributed by atoms with Gasteiger partial charge in [-0.15, -0.1) is 11.3 Å². The highest BCUT2D eigenvalue weighted by molar-refractivity contribution is 7.89. The molecular formula is C21H20ClN3O3S2. The van der Waals surface area contributed by atoms with Crippen molar-refractivity contribution in [1.82, 2.24) is 9.29 Å². The number of aromatic nitrogens is 1. The summed E-state index contributed by atoms with van der Waals surface area (Å²) < 4.78 is 27.1. The Kier molecular flexibility index (Phi) is 6.19. The zero-order chi connectivity index (χ0) is 21.1. The van der Waals surface area contributed by atoms with E-state index in [1.807, 2.05) is 29.6 Å². The van der Waals surface area contributed by atoms with E-state index >= 15 is 0 Å². The molecule has 30 heavy (non-hydrogen) atoms. The highest BCUT2D eigenvalue weighted by Crippen LogP contribution is 2.29. The zero-order valence-corrected chi connectivity index (χ0v) is 18.4. The Labute approximate surface area is 184 Å². The Bertz CT molecular complexity index is 1120. The van der Waals surface area contributed by atoms with E-state index in [1.165, 1.54) is 10.4 Å². The number of thiazole rings is 1. The van der Waals surface area contributed by atoms with Crippen molar-refractivity contribution in [2.45, 2.75) is 17.7 Å². The van der Waals surface area contributed by atoms with Crippen LogP contribution < -0.4 is 5.32 Å². The fourth-order valence-electron chi connectivity index (χ4n) is 3.46. The molecule has 0 spiro atoms. The summed E-state index contributed by atoms with van der Waals surface area (Å²) in [5.41, 5.74) is 1.72. The van der Waals surface area contributed by atoms with Crippen molar-refractivity contribution in [2.24, 2.45) is 5.92 Å². The van der Waals surface area contributed by atoms with Crippen LogP contribution in [-0.2, 0) is 14.8 Å². The average Bonchev–Trinajstić information content (AvgIpc) is 3.29. The van der Waals surface area contributed by atoms with Crippen molar-refractivity contribution in [2.75, 3.05) is 18.4 Å². The first-order chi connectivity index (χ1) is 14.4. The van der Waals surface area contributed by atoms with E-state index in [4.69, 9.17) is 11.6 Å². The molecule has 1 aromatic heterocycles. The molecule has 1 amide bonds. The Morgan fingerprint density at radius 3 is 2.43 bits per heavy atom. The van der Waals surface area contributed by atoms with Crippen LogP contribution >= 0.6 is 22.9 Å². The molecule has 1 aliphatic rings. The summed E-state index contributed by atoms with van der Waals surface area (Å²) in [5.74, 6) is -0.326. The Hall–Kier alpha value is -2.26. The molecule has 2 aromatic carbocycles. The van der Waals surface area contributed by atoms with Crippen LogP contribution in [0.5, 0.6) is 0 Å². The topological polar surface area (TPSA) is 79.4 Å². The number of hydrogen-bond donors (Lipinski definition) is 1. The summed E-state index contributed by atoms with van der Waals surface area (Å²) in [6, 6.07) is 14.0. The molecule has 9 heteroatoms. The number of nitrogens with zero attached hydrogens (tertiary/aromatic N) is 2. The van der Waals surface area contributed by atoms with Gasteiger partial charge in [0.1, 0.15) is 9.90 Å². The van der Waals surface area contributed by atoms with Crippen LogP contribution in [-0.4, -0.2) is 36.7 Å². The Balaban J connectivity index is 1.36. The van der Waals surface area contributed by atoms with Crippen LogP contribution in [0, 0.1) is 5.92 Å². The van der Waals surface area contributed by atoms with Gasteiger partial charge < -0.3 is 5.32 Å². The summed E-state index contributed by atoms with van der Waals surface area (Å²) in [7, 11) is -3.66. The number of hydrogen-bond acceptors (Lipinski definition) is 5. The van der Waals surface area contributed by atoms with Crippen LogP contribution in [0.1, 0.15) is 12.8 Å². The highest BCUT2D eigenvalue weighted by Gasteiger charge is 2.33. The van der Waals surface area contributed by atoms with Gasteiger partial charge in [0.25, 0.3) is 0 Å². The quantitative estimate of drug-likeness (QED) is 0.606. The third-order valence-corrected chi connectivity index (χ3v) is 8.33. The first-order valence-electron chi connectivity index (χ1n) is 9.50. The number of carbonyl (C=O) groups excluding carboxylic acids is 1. The molecule has 0 saturated carbocycles. The maximum absolute atomic E-state index is 12.8. The molecule has 1 aliphatic heterocycles. The molecule has 2 heterocycles. The normalized spacial score (nSPS) is 15.8. The van der Waals surface area contributed by atoms with Crippen LogP contribution in [0.25, 0.3) is 10.6 Å². The number of piperidine rings is 1. The SMILES string of the molecule is O=C(Nc1ccc(-c2nccs2)cc1)C1CCN(S(=O)(=O)c2ccccc2Cl)CC1. The maximum Gasteiger partial charge on any atom is 0.244 e. The first-order valence-corrected chi connectivity index (χ1v) is 12.2. The second-order valence-electron chi connectivity index (χ2n) is 7.01. The van der Waals surface area contributed by atoms with Gasteiger partial charge in [-0.25, -0.2) is 13.4 Å². The van der Waals surface area contributed by atoms with E-state index < -0.39 is 10.0 Å². The van der Waals surface area contributed by atoms with Crippen molar-refractivity contribution in [3.05, 3.63) is 65.1 Å². The first kappa shape index (κ1) is 21.0. The fourth-order valence-corrected chi connectivity index (χ4v) is 6.07. The number of nitrogens with one attached hydrogen (secondary N) is 1. The lowest BCUT2D eigenvalue weighted by molar-refractivity contribution is -0.120. The predicted octanol–water partition coefficient (Wildman–Crippen LogP) is 4.50. The molecule has 156 valence electrons. The maximum atomic E-state index is 12.8. The molecule has 0 bridgehead atoms. The molecule has 0 atom stereocenters. The number of halogens is 1.